The molecule has 0 N–H and O–H groups in total. The summed E-state index contributed by atoms with van der Waals surface area (Å²) >= 11 is 3.49. The third-order valence-electron chi connectivity index (χ3n) is 3.71. The molecule has 0 aliphatic carbocycles. The van der Waals surface area contributed by atoms with E-state index in [4.69, 9.17) is 9.30 Å². The third kappa shape index (κ3) is 2.92. The fourth-order valence-electron chi connectivity index (χ4n) is 2.72. The standard InChI is InChI=1S/C16H15Br2NO3Te/c1-2-20-23-19(9-11-7-13(17)3-5-15(11)21-23)10-12-8-14(18)4-6-16(12)22-23/h3-8H,2,9-10H2,1H3. The normalized spacial score (nSPS) is 19.6. The molecule has 2 heterocycles. The van der Waals surface area contributed by atoms with E-state index in [-0.39, 0.29) is 0 Å². The van der Waals surface area contributed by atoms with Gasteiger partial charge in [0.05, 0.1) is 0 Å². The Kier molecular flexibility index (Phi) is 4.37. The minimum atomic E-state index is -3.57. The van der Waals surface area contributed by atoms with Crippen LogP contribution in [0, 0.1) is 0 Å². The zero-order valence-corrected chi connectivity index (χ0v) is 17.9. The van der Waals surface area contributed by atoms with Crippen molar-refractivity contribution in [3.8, 4) is 11.5 Å². The molecule has 7 heteroatoms. The topological polar surface area (TPSA) is 30.9 Å². The van der Waals surface area contributed by atoms with Crippen LogP contribution in [0.4, 0.5) is 0 Å². The molecular weight excluding hydrogens is 542 g/mol. The molecule has 0 radical (unpaired) electrons. The van der Waals surface area contributed by atoms with Crippen LogP contribution in [-0.4, -0.2) is 29.4 Å². The third-order valence-corrected chi connectivity index (χ3v) is 11.0. The van der Waals surface area contributed by atoms with Gasteiger partial charge in [0.1, 0.15) is 0 Å². The summed E-state index contributed by atoms with van der Waals surface area (Å²) in [7, 11) is 0. The van der Waals surface area contributed by atoms with E-state index in [0.717, 1.165) is 44.7 Å². The van der Waals surface area contributed by atoms with Gasteiger partial charge in [-0.15, -0.1) is 0 Å². The molecule has 2 aromatic carbocycles. The second-order valence-electron chi connectivity index (χ2n) is 5.30. The molecule has 0 saturated carbocycles. The van der Waals surface area contributed by atoms with Crippen molar-refractivity contribution in [3.63, 3.8) is 0 Å². The molecule has 2 aromatic rings. The van der Waals surface area contributed by atoms with Gasteiger partial charge in [0.25, 0.3) is 0 Å². The van der Waals surface area contributed by atoms with E-state index in [1.54, 1.807) is 0 Å². The van der Waals surface area contributed by atoms with Crippen LogP contribution in [0.25, 0.3) is 0 Å². The van der Waals surface area contributed by atoms with Crippen LogP contribution in [0.15, 0.2) is 45.3 Å². The molecule has 2 aliphatic rings. The van der Waals surface area contributed by atoms with Crippen molar-refractivity contribution in [3.05, 3.63) is 56.5 Å². The van der Waals surface area contributed by atoms with E-state index in [9.17, 15) is 0 Å². The van der Waals surface area contributed by atoms with Gasteiger partial charge in [0.15, 0.2) is 0 Å². The SMILES string of the molecule is CCO[Te]12Oc3ccc(Br)cc3CN1Cc1cc(Br)ccc1O2. The Labute approximate surface area is 157 Å². The molecule has 4 nitrogen and oxygen atoms in total. The Balaban J connectivity index is 1.77. The summed E-state index contributed by atoms with van der Waals surface area (Å²) in [5, 5.41) is 0. The van der Waals surface area contributed by atoms with Crippen molar-refractivity contribution in [2.24, 2.45) is 0 Å². The van der Waals surface area contributed by atoms with E-state index in [2.05, 4.69) is 47.1 Å². The fraction of sp³-hybridized carbons (Fsp3) is 0.250. The number of hydrogen-bond donors (Lipinski definition) is 0. The monoisotopic (exact) mass is 557 g/mol. The number of fused-ring (bicyclic) bond motifs is 3. The molecule has 122 valence electrons. The molecule has 0 fully saturated rings. The second-order valence-corrected chi connectivity index (χ2v) is 12.7. The molecule has 0 aromatic heterocycles. The van der Waals surface area contributed by atoms with Crippen LogP contribution in [-0.2, 0) is 16.2 Å². The Hall–Kier alpha value is -0.290. The van der Waals surface area contributed by atoms with Crippen LogP contribution >= 0.6 is 31.9 Å². The predicted molar refractivity (Wildman–Crippen MR) is 96.2 cm³/mol. The van der Waals surface area contributed by atoms with Gasteiger partial charge >= 0.3 is 159 Å². The molecule has 0 bridgehead atoms. The van der Waals surface area contributed by atoms with Gasteiger partial charge in [-0.05, 0) is 0 Å². The van der Waals surface area contributed by atoms with Crippen molar-refractivity contribution in [2.75, 3.05) is 6.61 Å². The van der Waals surface area contributed by atoms with Crippen molar-refractivity contribution in [2.45, 2.75) is 20.0 Å². The zero-order chi connectivity index (χ0) is 16.0. The molecule has 2 aliphatic heterocycles. The summed E-state index contributed by atoms with van der Waals surface area (Å²) in [5.41, 5.74) is 2.31. The maximum absolute atomic E-state index is 6.34. The predicted octanol–water partition coefficient (Wildman–Crippen LogP) is 4.47. The number of hydrogen-bond acceptors (Lipinski definition) is 4. The molecule has 0 unspecified atom stereocenters. The van der Waals surface area contributed by atoms with Gasteiger partial charge < -0.3 is 0 Å². The molecule has 0 saturated heterocycles. The van der Waals surface area contributed by atoms with Gasteiger partial charge in [-0.25, -0.2) is 0 Å². The Morgan fingerprint density at radius 3 is 2.00 bits per heavy atom. The minimum absolute atomic E-state index is 0.579. The summed E-state index contributed by atoms with van der Waals surface area (Å²) in [4.78, 5) is 0. The first-order chi connectivity index (χ1) is 11.1. The molecular formula is C16H15Br2NO3Te. The average molecular weight is 557 g/mol. The van der Waals surface area contributed by atoms with Gasteiger partial charge in [-0.3, -0.25) is 0 Å². The average Bonchev–Trinajstić information content (AvgIpc) is 2.51. The quantitative estimate of drug-likeness (QED) is 0.511. The number of rotatable bonds is 2. The van der Waals surface area contributed by atoms with E-state index >= 15 is 0 Å². The van der Waals surface area contributed by atoms with Gasteiger partial charge in [-0.2, -0.15) is 0 Å². The molecule has 0 spiro atoms. The van der Waals surface area contributed by atoms with Gasteiger partial charge in [-0.1, -0.05) is 0 Å². The summed E-state index contributed by atoms with van der Waals surface area (Å²) in [6, 6.07) is 12.2. The van der Waals surface area contributed by atoms with Crippen LogP contribution in [0.5, 0.6) is 11.5 Å². The van der Waals surface area contributed by atoms with Crippen LogP contribution in [0.1, 0.15) is 18.1 Å². The zero-order valence-electron chi connectivity index (χ0n) is 12.4. The number of halogens is 2. The van der Waals surface area contributed by atoms with Crippen molar-refractivity contribution < 1.29 is 9.30 Å². The van der Waals surface area contributed by atoms with Gasteiger partial charge in [0.2, 0.25) is 0 Å². The summed E-state index contributed by atoms with van der Waals surface area (Å²) in [5.74, 6) is 1.75. The van der Waals surface area contributed by atoms with Crippen molar-refractivity contribution >= 4 is 51.5 Å². The van der Waals surface area contributed by atoms with E-state index in [1.807, 2.05) is 31.2 Å². The van der Waals surface area contributed by atoms with Crippen LogP contribution < -0.4 is 6.20 Å². The molecule has 0 amide bonds. The second kappa shape index (κ2) is 6.21. The Morgan fingerprint density at radius 2 is 1.52 bits per heavy atom. The Bertz CT molecular complexity index is 713. The van der Waals surface area contributed by atoms with Crippen LogP contribution in [0.2, 0.25) is 0 Å². The first kappa shape index (κ1) is 16.2. The fourth-order valence-corrected chi connectivity index (χ4v) is 9.71. The summed E-state index contributed by atoms with van der Waals surface area (Å²) in [6.45, 7) is 4.12. The Morgan fingerprint density at radius 1 is 1.00 bits per heavy atom. The summed E-state index contributed by atoms with van der Waals surface area (Å²) in [6.07, 6.45) is 0. The van der Waals surface area contributed by atoms with Crippen LogP contribution in [0.3, 0.4) is 0 Å². The van der Waals surface area contributed by atoms with Crippen molar-refractivity contribution in [1.82, 2.24) is 3.15 Å². The first-order valence-corrected chi connectivity index (χ1v) is 12.8. The van der Waals surface area contributed by atoms with E-state index < -0.39 is 19.7 Å². The molecule has 0 atom stereocenters. The first-order valence-electron chi connectivity index (χ1n) is 7.28. The number of benzene rings is 2. The van der Waals surface area contributed by atoms with Gasteiger partial charge in [0, 0.05) is 0 Å². The summed E-state index contributed by atoms with van der Waals surface area (Å²) < 4.78 is 23.2. The van der Waals surface area contributed by atoms with E-state index in [1.165, 1.54) is 0 Å². The van der Waals surface area contributed by atoms with E-state index in [0.29, 0.717) is 6.61 Å². The number of nitrogens with zero attached hydrogens (tertiary/aromatic N) is 1. The van der Waals surface area contributed by atoms with Crippen molar-refractivity contribution in [1.29, 1.82) is 0 Å². The molecule has 23 heavy (non-hydrogen) atoms. The molecule has 4 rings (SSSR count). The maximum atomic E-state index is 6.34.